The highest BCUT2D eigenvalue weighted by Gasteiger charge is 2.03. The van der Waals surface area contributed by atoms with Gasteiger partial charge in [-0.1, -0.05) is 28.1 Å². The average Bonchev–Trinajstić information content (AvgIpc) is 2.70. The maximum Gasteiger partial charge on any atom is 0.0346 e. The van der Waals surface area contributed by atoms with E-state index in [1.165, 1.54) is 20.9 Å². The van der Waals surface area contributed by atoms with Crippen LogP contribution in [-0.4, -0.2) is 0 Å². The van der Waals surface area contributed by atoms with E-state index < -0.39 is 0 Å². The van der Waals surface area contributed by atoms with Gasteiger partial charge < -0.3 is 5.73 Å². The second kappa shape index (κ2) is 4.47. The molecule has 1 aromatic heterocycles. The summed E-state index contributed by atoms with van der Waals surface area (Å²) in [5, 5.41) is 0. The van der Waals surface area contributed by atoms with Crippen molar-refractivity contribution in [3.8, 4) is 10.4 Å². The molecule has 0 atom stereocenters. The van der Waals surface area contributed by atoms with Crippen LogP contribution in [-0.2, 0) is 6.54 Å². The summed E-state index contributed by atoms with van der Waals surface area (Å²) >= 11 is 5.30. The van der Waals surface area contributed by atoms with Gasteiger partial charge in [0.15, 0.2) is 0 Å². The molecule has 0 aliphatic carbocycles. The Balaban J connectivity index is 2.40. The second-order valence-corrected chi connectivity index (χ2v) is 5.46. The minimum Gasteiger partial charge on any atom is -0.326 e. The molecule has 0 aliphatic rings. The van der Waals surface area contributed by atoms with Crippen LogP contribution in [0.2, 0.25) is 0 Å². The van der Waals surface area contributed by atoms with Gasteiger partial charge in [-0.15, -0.1) is 11.3 Å². The van der Waals surface area contributed by atoms with Crippen LogP contribution < -0.4 is 5.73 Å². The first-order valence-electron chi connectivity index (χ1n) is 4.76. The first kappa shape index (κ1) is 10.9. The number of benzene rings is 1. The normalized spacial score (nSPS) is 10.6. The Kier molecular flexibility index (Phi) is 3.24. The topological polar surface area (TPSA) is 26.0 Å². The number of aryl methyl sites for hydroxylation is 1. The highest BCUT2D eigenvalue weighted by molar-refractivity contribution is 9.10. The van der Waals surface area contributed by atoms with Crippen LogP contribution in [0.1, 0.15) is 10.4 Å². The molecular weight excluding hydrogens is 270 g/mol. The van der Waals surface area contributed by atoms with Crippen molar-refractivity contribution in [2.24, 2.45) is 5.73 Å². The molecular formula is C12H12BrNS. The van der Waals surface area contributed by atoms with Crippen molar-refractivity contribution >= 4 is 27.3 Å². The van der Waals surface area contributed by atoms with Gasteiger partial charge in [0.25, 0.3) is 0 Å². The zero-order chi connectivity index (χ0) is 10.8. The number of rotatable bonds is 2. The molecule has 0 unspecified atom stereocenters. The fourth-order valence-electron chi connectivity index (χ4n) is 1.39. The van der Waals surface area contributed by atoms with Gasteiger partial charge in [0.1, 0.15) is 0 Å². The Labute approximate surface area is 102 Å². The molecule has 0 saturated carbocycles. The van der Waals surface area contributed by atoms with E-state index in [4.69, 9.17) is 5.73 Å². The van der Waals surface area contributed by atoms with E-state index in [9.17, 15) is 0 Å². The molecule has 3 heteroatoms. The van der Waals surface area contributed by atoms with E-state index in [1.54, 1.807) is 11.3 Å². The Morgan fingerprint density at radius 3 is 2.67 bits per heavy atom. The van der Waals surface area contributed by atoms with E-state index >= 15 is 0 Å². The number of thiophene rings is 1. The zero-order valence-corrected chi connectivity index (χ0v) is 10.9. The van der Waals surface area contributed by atoms with Gasteiger partial charge in [-0.3, -0.25) is 0 Å². The summed E-state index contributed by atoms with van der Waals surface area (Å²) in [6.45, 7) is 2.71. The molecule has 1 heterocycles. The van der Waals surface area contributed by atoms with E-state index in [2.05, 4.69) is 53.2 Å². The summed E-state index contributed by atoms with van der Waals surface area (Å²) in [4.78, 5) is 2.50. The molecule has 0 bridgehead atoms. The van der Waals surface area contributed by atoms with Crippen LogP contribution in [0, 0.1) is 6.92 Å². The Bertz CT molecular complexity index is 476. The summed E-state index contributed by atoms with van der Waals surface area (Å²) in [6, 6.07) is 10.6. The molecule has 78 valence electrons. The van der Waals surface area contributed by atoms with Crippen molar-refractivity contribution in [2.75, 3.05) is 0 Å². The van der Waals surface area contributed by atoms with Crippen molar-refractivity contribution < 1.29 is 0 Å². The predicted molar refractivity (Wildman–Crippen MR) is 70.1 cm³/mol. The molecule has 15 heavy (non-hydrogen) atoms. The molecule has 0 aliphatic heterocycles. The maximum absolute atomic E-state index is 5.60. The fourth-order valence-corrected chi connectivity index (χ4v) is 2.65. The van der Waals surface area contributed by atoms with Crippen LogP contribution in [0.5, 0.6) is 0 Å². The van der Waals surface area contributed by atoms with Crippen molar-refractivity contribution in [1.82, 2.24) is 0 Å². The van der Waals surface area contributed by atoms with Gasteiger partial charge in [0.2, 0.25) is 0 Å². The maximum atomic E-state index is 5.60. The van der Waals surface area contributed by atoms with E-state index in [1.807, 2.05) is 0 Å². The van der Waals surface area contributed by atoms with Crippen LogP contribution in [0.25, 0.3) is 10.4 Å². The van der Waals surface area contributed by atoms with E-state index in [-0.39, 0.29) is 0 Å². The molecule has 2 N–H and O–H groups in total. The molecule has 1 aromatic carbocycles. The summed E-state index contributed by atoms with van der Waals surface area (Å²) < 4.78 is 1.16. The summed E-state index contributed by atoms with van der Waals surface area (Å²) in [5.41, 5.74) is 8.10. The largest absolute Gasteiger partial charge is 0.326 e. The number of hydrogen-bond acceptors (Lipinski definition) is 2. The summed E-state index contributed by atoms with van der Waals surface area (Å²) in [6.07, 6.45) is 0. The van der Waals surface area contributed by atoms with Crippen LogP contribution in [0.3, 0.4) is 0 Å². The van der Waals surface area contributed by atoms with Crippen molar-refractivity contribution in [3.05, 3.63) is 45.2 Å². The first-order valence-corrected chi connectivity index (χ1v) is 6.37. The minimum atomic E-state index is 0.623. The quantitative estimate of drug-likeness (QED) is 0.887. The lowest BCUT2D eigenvalue weighted by atomic mass is 10.1. The Hall–Kier alpha value is -0.640. The minimum absolute atomic E-state index is 0.623. The fraction of sp³-hybridized carbons (Fsp3) is 0.167. The van der Waals surface area contributed by atoms with Gasteiger partial charge >= 0.3 is 0 Å². The first-order chi connectivity index (χ1) is 7.20. The summed E-state index contributed by atoms with van der Waals surface area (Å²) in [5.74, 6) is 0. The van der Waals surface area contributed by atoms with Crippen LogP contribution in [0.4, 0.5) is 0 Å². The van der Waals surface area contributed by atoms with Gasteiger partial charge in [0, 0.05) is 20.8 Å². The van der Waals surface area contributed by atoms with Gasteiger partial charge in [0.05, 0.1) is 0 Å². The van der Waals surface area contributed by atoms with Gasteiger partial charge in [-0.25, -0.2) is 0 Å². The Morgan fingerprint density at radius 1 is 1.27 bits per heavy atom. The lowest BCUT2D eigenvalue weighted by molar-refractivity contribution is 1.11. The Morgan fingerprint density at radius 2 is 2.07 bits per heavy atom. The lowest BCUT2D eigenvalue weighted by Gasteiger charge is -2.01. The predicted octanol–water partition coefficient (Wildman–Crippen LogP) is 3.94. The molecule has 0 saturated heterocycles. The monoisotopic (exact) mass is 281 g/mol. The van der Waals surface area contributed by atoms with Crippen molar-refractivity contribution in [1.29, 1.82) is 0 Å². The zero-order valence-electron chi connectivity index (χ0n) is 8.46. The number of halogens is 1. The number of hydrogen-bond donors (Lipinski definition) is 1. The molecule has 2 aromatic rings. The van der Waals surface area contributed by atoms with Crippen molar-refractivity contribution in [2.45, 2.75) is 13.5 Å². The van der Waals surface area contributed by atoms with Crippen molar-refractivity contribution in [3.63, 3.8) is 0 Å². The van der Waals surface area contributed by atoms with Gasteiger partial charge in [-0.05, 0) is 36.2 Å². The molecule has 0 radical (unpaired) electrons. The SMILES string of the molecule is Cc1ccc(-c2ccc(CN)s2)cc1Br. The molecule has 2 rings (SSSR count). The smallest absolute Gasteiger partial charge is 0.0346 e. The average molecular weight is 282 g/mol. The molecule has 0 spiro atoms. The van der Waals surface area contributed by atoms with Gasteiger partial charge in [-0.2, -0.15) is 0 Å². The molecule has 1 nitrogen and oxygen atoms in total. The third kappa shape index (κ3) is 2.30. The molecule has 0 fully saturated rings. The van der Waals surface area contributed by atoms with E-state index in [0.717, 1.165) is 4.47 Å². The molecule has 0 amide bonds. The highest BCUT2D eigenvalue weighted by atomic mass is 79.9. The van der Waals surface area contributed by atoms with Crippen LogP contribution >= 0.6 is 27.3 Å². The number of nitrogens with two attached hydrogens (primary N) is 1. The standard InChI is InChI=1S/C12H12BrNS/c1-8-2-3-9(6-11(8)13)12-5-4-10(7-14)15-12/h2-6H,7,14H2,1H3. The van der Waals surface area contributed by atoms with E-state index in [0.29, 0.717) is 6.54 Å². The third-order valence-electron chi connectivity index (χ3n) is 2.32. The highest BCUT2D eigenvalue weighted by Crippen LogP contribution is 2.30. The second-order valence-electron chi connectivity index (χ2n) is 3.43. The van der Waals surface area contributed by atoms with Crippen LogP contribution in [0.15, 0.2) is 34.8 Å². The third-order valence-corrected chi connectivity index (χ3v) is 4.33. The lowest BCUT2D eigenvalue weighted by Crippen LogP contribution is -1.90. The summed E-state index contributed by atoms with van der Waals surface area (Å²) in [7, 11) is 0.